The third-order valence-electron chi connectivity index (χ3n) is 2.65. The lowest BCUT2D eigenvalue weighted by Gasteiger charge is -2.05. The van der Waals surface area contributed by atoms with Crippen LogP contribution in [0.5, 0.6) is 0 Å². The van der Waals surface area contributed by atoms with Gasteiger partial charge in [-0.2, -0.15) is 0 Å². The van der Waals surface area contributed by atoms with Gasteiger partial charge in [0.1, 0.15) is 0 Å². The minimum absolute atomic E-state index is 0.390. The molecule has 0 saturated carbocycles. The second kappa shape index (κ2) is 7.17. The molecule has 20 heavy (non-hydrogen) atoms. The average molecular weight is 336 g/mol. The Balaban J connectivity index is 1.86. The summed E-state index contributed by atoms with van der Waals surface area (Å²) in [5.41, 5.74) is 2.29. The van der Waals surface area contributed by atoms with Crippen LogP contribution in [0.3, 0.4) is 0 Å². The van der Waals surface area contributed by atoms with Gasteiger partial charge < -0.3 is 9.47 Å². The highest BCUT2D eigenvalue weighted by molar-refractivity contribution is 9.10. The summed E-state index contributed by atoms with van der Waals surface area (Å²) in [6, 6.07) is 11.4. The molecule has 1 heterocycles. The molecule has 0 spiro atoms. The standard InChI is InChI=1S/C15H14BrNO3/c1-19-15(18)12-5-6-14(17-8-12)10-20-9-11-3-2-4-13(16)7-11/h2-8H,9-10H2,1H3. The minimum Gasteiger partial charge on any atom is -0.465 e. The molecule has 0 fully saturated rings. The van der Waals surface area contributed by atoms with Crippen LogP contribution in [0.15, 0.2) is 47.1 Å². The number of pyridine rings is 1. The maximum absolute atomic E-state index is 11.3. The normalized spacial score (nSPS) is 10.3. The number of ether oxygens (including phenoxy) is 2. The Bertz CT molecular complexity index is 584. The van der Waals surface area contributed by atoms with E-state index in [0.29, 0.717) is 18.8 Å². The van der Waals surface area contributed by atoms with Crippen molar-refractivity contribution in [2.45, 2.75) is 13.2 Å². The van der Waals surface area contributed by atoms with E-state index in [1.807, 2.05) is 24.3 Å². The molecule has 0 saturated heterocycles. The molecule has 104 valence electrons. The summed E-state index contributed by atoms with van der Waals surface area (Å²) in [7, 11) is 1.34. The molecule has 0 amide bonds. The van der Waals surface area contributed by atoms with Crippen LogP contribution >= 0.6 is 15.9 Å². The van der Waals surface area contributed by atoms with Gasteiger partial charge in [0.25, 0.3) is 0 Å². The Morgan fingerprint density at radius 1 is 1.25 bits per heavy atom. The first-order valence-electron chi connectivity index (χ1n) is 6.04. The summed E-state index contributed by atoms with van der Waals surface area (Å²) < 4.78 is 11.2. The summed E-state index contributed by atoms with van der Waals surface area (Å²) >= 11 is 3.42. The molecule has 2 rings (SSSR count). The fourth-order valence-electron chi connectivity index (χ4n) is 1.65. The number of hydrogen-bond acceptors (Lipinski definition) is 4. The van der Waals surface area contributed by atoms with Gasteiger partial charge in [0.15, 0.2) is 0 Å². The van der Waals surface area contributed by atoms with E-state index in [2.05, 4.69) is 25.7 Å². The number of hydrogen-bond donors (Lipinski definition) is 0. The lowest BCUT2D eigenvalue weighted by atomic mass is 10.2. The van der Waals surface area contributed by atoms with Crippen LogP contribution in [0.4, 0.5) is 0 Å². The maximum Gasteiger partial charge on any atom is 0.339 e. The van der Waals surface area contributed by atoms with Gasteiger partial charge in [0.2, 0.25) is 0 Å². The number of esters is 1. The zero-order valence-corrected chi connectivity index (χ0v) is 12.6. The molecule has 0 radical (unpaired) electrons. The third kappa shape index (κ3) is 4.15. The van der Waals surface area contributed by atoms with Crippen LogP contribution in [-0.4, -0.2) is 18.1 Å². The van der Waals surface area contributed by atoms with Gasteiger partial charge in [0, 0.05) is 10.7 Å². The first-order chi connectivity index (χ1) is 9.69. The Kier molecular flexibility index (Phi) is 5.26. The molecular formula is C15H14BrNO3. The summed E-state index contributed by atoms with van der Waals surface area (Å²) in [5.74, 6) is -0.390. The molecule has 2 aromatic rings. The van der Waals surface area contributed by atoms with Gasteiger partial charge in [-0.1, -0.05) is 28.1 Å². The topological polar surface area (TPSA) is 48.4 Å². The Labute approximate surface area is 125 Å². The Morgan fingerprint density at radius 3 is 2.75 bits per heavy atom. The predicted molar refractivity (Wildman–Crippen MR) is 78.2 cm³/mol. The van der Waals surface area contributed by atoms with Gasteiger partial charge in [-0.15, -0.1) is 0 Å². The Hall–Kier alpha value is -1.72. The molecule has 5 heteroatoms. The van der Waals surface area contributed by atoms with Crippen molar-refractivity contribution in [3.05, 3.63) is 63.9 Å². The van der Waals surface area contributed by atoms with Crippen LogP contribution in [0, 0.1) is 0 Å². The molecule has 0 aliphatic carbocycles. The second-order valence-electron chi connectivity index (χ2n) is 4.15. The summed E-state index contributed by atoms with van der Waals surface area (Å²) in [6.45, 7) is 0.911. The van der Waals surface area contributed by atoms with Crippen LogP contribution in [0.1, 0.15) is 21.6 Å². The van der Waals surface area contributed by atoms with Crippen LogP contribution < -0.4 is 0 Å². The van der Waals surface area contributed by atoms with E-state index >= 15 is 0 Å². The lowest BCUT2D eigenvalue weighted by Crippen LogP contribution is -2.03. The summed E-state index contributed by atoms with van der Waals surface area (Å²) in [4.78, 5) is 15.4. The predicted octanol–water partition coefficient (Wildman–Crippen LogP) is 3.35. The number of carbonyl (C=O) groups is 1. The van der Waals surface area contributed by atoms with Crippen LogP contribution in [-0.2, 0) is 22.7 Å². The summed E-state index contributed by atoms with van der Waals surface area (Å²) in [5, 5.41) is 0. The number of aromatic nitrogens is 1. The van der Waals surface area contributed by atoms with E-state index < -0.39 is 0 Å². The van der Waals surface area contributed by atoms with Crippen molar-refractivity contribution in [2.75, 3.05) is 7.11 Å². The van der Waals surface area contributed by atoms with E-state index in [9.17, 15) is 4.79 Å². The zero-order valence-electron chi connectivity index (χ0n) is 11.0. The van der Waals surface area contributed by atoms with Crippen molar-refractivity contribution >= 4 is 21.9 Å². The molecule has 0 aliphatic rings. The SMILES string of the molecule is COC(=O)c1ccc(COCc2cccc(Br)c2)nc1. The van der Waals surface area contributed by atoms with Crippen molar-refractivity contribution < 1.29 is 14.3 Å². The molecule has 4 nitrogen and oxygen atoms in total. The van der Waals surface area contributed by atoms with Crippen molar-refractivity contribution in [2.24, 2.45) is 0 Å². The molecule has 0 N–H and O–H groups in total. The number of carbonyl (C=O) groups excluding carboxylic acids is 1. The number of halogens is 1. The molecule has 1 aromatic carbocycles. The number of nitrogens with zero attached hydrogens (tertiary/aromatic N) is 1. The van der Waals surface area contributed by atoms with Gasteiger partial charge >= 0.3 is 5.97 Å². The smallest absolute Gasteiger partial charge is 0.339 e. The van der Waals surface area contributed by atoms with Gasteiger partial charge in [-0.3, -0.25) is 4.98 Å². The van der Waals surface area contributed by atoms with Gasteiger partial charge in [0.05, 0.1) is 31.6 Å². The van der Waals surface area contributed by atoms with E-state index in [1.54, 1.807) is 12.1 Å². The zero-order chi connectivity index (χ0) is 14.4. The number of benzene rings is 1. The van der Waals surface area contributed by atoms with E-state index in [4.69, 9.17) is 4.74 Å². The first-order valence-corrected chi connectivity index (χ1v) is 6.84. The van der Waals surface area contributed by atoms with Crippen LogP contribution in [0.2, 0.25) is 0 Å². The Morgan fingerprint density at radius 2 is 2.10 bits per heavy atom. The number of rotatable bonds is 5. The van der Waals surface area contributed by atoms with E-state index in [1.165, 1.54) is 13.3 Å². The lowest BCUT2D eigenvalue weighted by molar-refractivity contribution is 0.0600. The van der Waals surface area contributed by atoms with Gasteiger partial charge in [-0.25, -0.2) is 4.79 Å². The quantitative estimate of drug-likeness (QED) is 0.786. The molecular weight excluding hydrogens is 322 g/mol. The van der Waals surface area contributed by atoms with Crippen molar-refractivity contribution in [1.82, 2.24) is 4.98 Å². The van der Waals surface area contributed by atoms with E-state index in [-0.39, 0.29) is 5.97 Å². The van der Waals surface area contributed by atoms with Gasteiger partial charge in [-0.05, 0) is 29.8 Å². The highest BCUT2D eigenvalue weighted by Gasteiger charge is 2.05. The molecule has 0 bridgehead atoms. The monoisotopic (exact) mass is 335 g/mol. The fourth-order valence-corrected chi connectivity index (χ4v) is 2.10. The molecule has 1 aromatic heterocycles. The highest BCUT2D eigenvalue weighted by Crippen LogP contribution is 2.13. The summed E-state index contributed by atoms with van der Waals surface area (Å²) in [6.07, 6.45) is 1.49. The van der Waals surface area contributed by atoms with Crippen LogP contribution in [0.25, 0.3) is 0 Å². The highest BCUT2D eigenvalue weighted by atomic mass is 79.9. The number of methoxy groups -OCH3 is 1. The third-order valence-corrected chi connectivity index (χ3v) is 3.15. The molecule has 0 aliphatic heterocycles. The second-order valence-corrected chi connectivity index (χ2v) is 5.07. The minimum atomic E-state index is -0.390. The molecule has 0 unspecified atom stereocenters. The van der Waals surface area contributed by atoms with Crippen molar-refractivity contribution in [3.8, 4) is 0 Å². The largest absolute Gasteiger partial charge is 0.465 e. The first kappa shape index (κ1) is 14.7. The fraction of sp³-hybridized carbons (Fsp3) is 0.200. The molecule has 0 atom stereocenters. The van der Waals surface area contributed by atoms with Crippen molar-refractivity contribution in [1.29, 1.82) is 0 Å². The van der Waals surface area contributed by atoms with Crippen molar-refractivity contribution in [3.63, 3.8) is 0 Å². The van der Waals surface area contributed by atoms with E-state index in [0.717, 1.165) is 15.7 Å². The average Bonchev–Trinajstić information content (AvgIpc) is 2.47. The maximum atomic E-state index is 11.3.